The summed E-state index contributed by atoms with van der Waals surface area (Å²) in [6.07, 6.45) is -4.47. The van der Waals surface area contributed by atoms with Crippen LogP contribution in [0.3, 0.4) is 0 Å². The summed E-state index contributed by atoms with van der Waals surface area (Å²) >= 11 is 0. The van der Waals surface area contributed by atoms with E-state index in [1.807, 2.05) is 0 Å². The van der Waals surface area contributed by atoms with E-state index in [4.69, 9.17) is 11.5 Å². The van der Waals surface area contributed by atoms with Gasteiger partial charge in [-0.25, -0.2) is 9.97 Å². The Hall–Kier alpha value is -2.77. The Morgan fingerprint density at radius 1 is 1.00 bits per heavy atom. The van der Waals surface area contributed by atoms with E-state index in [-0.39, 0.29) is 22.9 Å². The van der Waals surface area contributed by atoms with Gasteiger partial charge < -0.3 is 16.5 Å². The van der Waals surface area contributed by atoms with Crippen molar-refractivity contribution in [3.05, 3.63) is 35.9 Å². The quantitative estimate of drug-likeness (QED) is 0.601. The molecule has 0 amide bonds. The summed E-state index contributed by atoms with van der Waals surface area (Å²) < 4.78 is 38.4. The lowest BCUT2D eigenvalue weighted by Crippen LogP contribution is -2.06. The van der Waals surface area contributed by atoms with Gasteiger partial charge >= 0.3 is 6.18 Å². The first-order valence-corrected chi connectivity index (χ1v) is 5.93. The molecule has 1 aromatic carbocycles. The molecule has 0 saturated heterocycles. The number of pyridine rings is 1. The number of anilines is 2. The van der Waals surface area contributed by atoms with Crippen LogP contribution >= 0.6 is 0 Å². The lowest BCUT2D eigenvalue weighted by Gasteiger charge is -2.09. The molecule has 2 aromatic heterocycles. The number of fused-ring (bicyclic) bond motifs is 1. The van der Waals surface area contributed by atoms with Gasteiger partial charge in [-0.15, -0.1) is 0 Å². The van der Waals surface area contributed by atoms with Crippen LogP contribution in [-0.2, 0) is 6.18 Å². The molecule has 2 heterocycles. The van der Waals surface area contributed by atoms with Gasteiger partial charge in [0.1, 0.15) is 11.6 Å². The molecule has 3 aromatic rings. The standard InChI is InChI=1S/C13H10F3N5/c14-13(15,16)7-3-6(4-8(17)5-7)11-19-9-1-2-10(18)20-12(9)21-11/h1-5H,17H2,(H3,18,19,20,21). The third-order valence-electron chi connectivity index (χ3n) is 2.92. The number of alkyl halides is 3. The molecule has 0 aliphatic rings. The monoisotopic (exact) mass is 293 g/mol. The summed E-state index contributed by atoms with van der Waals surface area (Å²) in [4.78, 5) is 11.0. The van der Waals surface area contributed by atoms with Gasteiger partial charge in [0.05, 0.1) is 11.1 Å². The van der Waals surface area contributed by atoms with E-state index in [2.05, 4.69) is 15.0 Å². The number of H-pyrrole nitrogens is 1. The average molecular weight is 293 g/mol. The van der Waals surface area contributed by atoms with Gasteiger partial charge in [0.15, 0.2) is 5.65 Å². The molecule has 5 N–H and O–H groups in total. The first-order valence-electron chi connectivity index (χ1n) is 5.93. The fourth-order valence-corrected chi connectivity index (χ4v) is 2.00. The second-order valence-corrected chi connectivity index (χ2v) is 4.53. The molecule has 8 heteroatoms. The molecule has 3 rings (SSSR count). The lowest BCUT2D eigenvalue weighted by atomic mass is 10.1. The summed E-state index contributed by atoms with van der Waals surface area (Å²) in [6.45, 7) is 0. The molecule has 0 spiro atoms. The number of halogens is 3. The van der Waals surface area contributed by atoms with Gasteiger partial charge in [0.2, 0.25) is 0 Å². The molecule has 0 fully saturated rings. The van der Waals surface area contributed by atoms with Crippen LogP contribution < -0.4 is 11.5 Å². The Bertz CT molecular complexity index is 822. The Balaban J connectivity index is 2.16. The maximum absolute atomic E-state index is 12.8. The molecular formula is C13H10F3N5. The van der Waals surface area contributed by atoms with Crippen LogP contribution in [0.2, 0.25) is 0 Å². The minimum absolute atomic E-state index is 0.00718. The number of benzene rings is 1. The summed E-state index contributed by atoms with van der Waals surface area (Å²) in [6, 6.07) is 6.51. The fraction of sp³-hybridized carbons (Fsp3) is 0.0769. The van der Waals surface area contributed by atoms with Crippen molar-refractivity contribution in [2.75, 3.05) is 11.5 Å². The zero-order valence-electron chi connectivity index (χ0n) is 10.6. The summed E-state index contributed by atoms with van der Waals surface area (Å²) in [5.41, 5.74) is 11.4. The Morgan fingerprint density at radius 3 is 2.48 bits per heavy atom. The van der Waals surface area contributed by atoms with E-state index in [0.29, 0.717) is 11.2 Å². The lowest BCUT2D eigenvalue weighted by molar-refractivity contribution is -0.137. The summed E-state index contributed by atoms with van der Waals surface area (Å²) in [7, 11) is 0. The molecule has 0 radical (unpaired) electrons. The summed E-state index contributed by atoms with van der Waals surface area (Å²) in [5, 5.41) is 0. The van der Waals surface area contributed by atoms with Crippen LogP contribution in [0.1, 0.15) is 5.56 Å². The van der Waals surface area contributed by atoms with E-state index < -0.39 is 11.7 Å². The van der Waals surface area contributed by atoms with Crippen molar-refractivity contribution >= 4 is 22.7 Å². The highest BCUT2D eigenvalue weighted by molar-refractivity contribution is 5.78. The Labute approximate surface area is 116 Å². The number of nitrogens with zero attached hydrogens (tertiary/aromatic N) is 2. The van der Waals surface area contributed by atoms with Gasteiger partial charge in [-0.2, -0.15) is 13.2 Å². The fourth-order valence-electron chi connectivity index (χ4n) is 2.00. The van der Waals surface area contributed by atoms with Crippen molar-refractivity contribution in [1.29, 1.82) is 0 Å². The zero-order valence-corrected chi connectivity index (χ0v) is 10.6. The van der Waals surface area contributed by atoms with E-state index >= 15 is 0 Å². The number of imidazole rings is 1. The molecule has 108 valence electrons. The number of hydrogen-bond donors (Lipinski definition) is 3. The molecule has 5 nitrogen and oxygen atoms in total. The third kappa shape index (κ3) is 2.47. The number of nitrogens with one attached hydrogen (secondary N) is 1. The van der Waals surface area contributed by atoms with Crippen molar-refractivity contribution in [3.8, 4) is 11.4 Å². The SMILES string of the molecule is Nc1cc(-c2nc3nc(N)ccc3[nH]2)cc(C(F)(F)F)c1. The van der Waals surface area contributed by atoms with Crippen LogP contribution in [0.4, 0.5) is 24.7 Å². The van der Waals surface area contributed by atoms with Gasteiger partial charge in [0.25, 0.3) is 0 Å². The first kappa shape index (κ1) is 13.2. The van der Waals surface area contributed by atoms with Crippen molar-refractivity contribution < 1.29 is 13.2 Å². The van der Waals surface area contributed by atoms with Crippen molar-refractivity contribution in [2.45, 2.75) is 6.18 Å². The van der Waals surface area contributed by atoms with Crippen LogP contribution in [0.5, 0.6) is 0 Å². The molecule has 0 bridgehead atoms. The van der Waals surface area contributed by atoms with Crippen LogP contribution in [0.25, 0.3) is 22.6 Å². The number of aromatic amines is 1. The van der Waals surface area contributed by atoms with Gasteiger partial charge in [-0.3, -0.25) is 0 Å². The number of nitrogens with two attached hydrogens (primary N) is 2. The zero-order chi connectivity index (χ0) is 15.2. The van der Waals surface area contributed by atoms with Gasteiger partial charge in [0, 0.05) is 11.3 Å². The molecule has 0 saturated carbocycles. The minimum Gasteiger partial charge on any atom is -0.399 e. The molecule has 0 aliphatic heterocycles. The third-order valence-corrected chi connectivity index (χ3v) is 2.92. The highest BCUT2D eigenvalue weighted by Gasteiger charge is 2.31. The Kier molecular flexibility index (Phi) is 2.75. The van der Waals surface area contributed by atoms with Gasteiger partial charge in [-0.1, -0.05) is 0 Å². The first-order chi connectivity index (χ1) is 9.83. The van der Waals surface area contributed by atoms with Crippen LogP contribution in [0.15, 0.2) is 30.3 Å². The normalized spacial score (nSPS) is 12.0. The number of aromatic nitrogens is 3. The van der Waals surface area contributed by atoms with E-state index in [0.717, 1.165) is 12.1 Å². The van der Waals surface area contributed by atoms with E-state index in [1.54, 1.807) is 12.1 Å². The topological polar surface area (TPSA) is 93.6 Å². The van der Waals surface area contributed by atoms with Crippen molar-refractivity contribution in [2.24, 2.45) is 0 Å². The number of nitrogen functional groups attached to an aromatic ring is 2. The smallest absolute Gasteiger partial charge is 0.399 e. The molecule has 21 heavy (non-hydrogen) atoms. The van der Waals surface area contributed by atoms with Gasteiger partial charge in [-0.05, 0) is 30.3 Å². The number of rotatable bonds is 1. The van der Waals surface area contributed by atoms with Crippen LogP contribution in [0, 0.1) is 0 Å². The second-order valence-electron chi connectivity index (χ2n) is 4.53. The molecule has 0 unspecified atom stereocenters. The van der Waals surface area contributed by atoms with E-state index in [9.17, 15) is 13.2 Å². The highest BCUT2D eigenvalue weighted by atomic mass is 19.4. The maximum atomic E-state index is 12.8. The largest absolute Gasteiger partial charge is 0.416 e. The Morgan fingerprint density at radius 2 is 1.76 bits per heavy atom. The maximum Gasteiger partial charge on any atom is 0.416 e. The molecule has 0 atom stereocenters. The molecule has 0 aliphatic carbocycles. The highest BCUT2D eigenvalue weighted by Crippen LogP contribution is 2.33. The minimum atomic E-state index is -4.47. The predicted molar refractivity (Wildman–Crippen MR) is 73.2 cm³/mol. The summed E-state index contributed by atoms with van der Waals surface area (Å²) in [5.74, 6) is 0.532. The average Bonchev–Trinajstić information content (AvgIpc) is 2.80. The van der Waals surface area contributed by atoms with Crippen molar-refractivity contribution in [1.82, 2.24) is 15.0 Å². The number of hydrogen-bond acceptors (Lipinski definition) is 4. The van der Waals surface area contributed by atoms with E-state index in [1.165, 1.54) is 6.07 Å². The molecular weight excluding hydrogens is 283 g/mol. The predicted octanol–water partition coefficient (Wildman–Crippen LogP) is 2.81. The second kappa shape index (κ2) is 4.37. The van der Waals surface area contributed by atoms with Crippen molar-refractivity contribution in [3.63, 3.8) is 0 Å². The van der Waals surface area contributed by atoms with Crippen LogP contribution in [-0.4, -0.2) is 15.0 Å².